The molecule has 0 aromatic carbocycles. The first-order valence-electron chi connectivity index (χ1n) is 13.4. The smallest absolute Gasteiger partial charge is 0.335 e. The lowest BCUT2D eigenvalue weighted by Gasteiger charge is -2.59. The number of esters is 3. The Kier molecular flexibility index (Phi) is 5.46. The maximum Gasteiger partial charge on any atom is 0.335 e. The van der Waals surface area contributed by atoms with Gasteiger partial charge in [-0.1, -0.05) is 27.4 Å². The van der Waals surface area contributed by atoms with Crippen LogP contribution in [0.1, 0.15) is 59.1 Å². The fourth-order valence-electron chi connectivity index (χ4n) is 8.83. The summed E-state index contributed by atoms with van der Waals surface area (Å²) >= 11 is 0. The van der Waals surface area contributed by atoms with E-state index in [1.807, 2.05) is 0 Å². The van der Waals surface area contributed by atoms with E-state index in [4.69, 9.17) is 28.1 Å². The largest absolute Gasteiger partial charge is 0.472 e. The third-order valence-electron chi connectivity index (χ3n) is 10.7. The van der Waals surface area contributed by atoms with Gasteiger partial charge in [0.15, 0.2) is 11.9 Å². The van der Waals surface area contributed by atoms with Crippen molar-refractivity contribution in [3.05, 3.63) is 36.3 Å². The number of ketones is 1. The fraction of sp³-hybridized carbons (Fsp3) is 0.655. The van der Waals surface area contributed by atoms with Gasteiger partial charge in [-0.15, -0.1) is 0 Å². The van der Waals surface area contributed by atoms with Crippen LogP contribution in [-0.4, -0.2) is 65.6 Å². The molecule has 6 rings (SSSR count). The lowest BCUT2D eigenvalue weighted by atomic mass is 9.50. The second kappa shape index (κ2) is 8.04. The summed E-state index contributed by atoms with van der Waals surface area (Å²) in [6, 6.07) is 1.63. The summed E-state index contributed by atoms with van der Waals surface area (Å²) in [4.78, 5) is 52.7. The molecule has 5 fully saturated rings. The van der Waals surface area contributed by atoms with E-state index < -0.39 is 81.8 Å². The fourth-order valence-corrected chi connectivity index (χ4v) is 8.83. The Bertz CT molecular complexity index is 1330. The van der Waals surface area contributed by atoms with Gasteiger partial charge in [0.1, 0.15) is 23.6 Å². The highest BCUT2D eigenvalue weighted by Crippen LogP contribution is 2.76. The summed E-state index contributed by atoms with van der Waals surface area (Å²) in [5, 5.41) is 12.9. The van der Waals surface area contributed by atoms with Crippen LogP contribution in [0.3, 0.4) is 0 Å². The van der Waals surface area contributed by atoms with Crippen molar-refractivity contribution >= 4 is 23.7 Å². The van der Waals surface area contributed by atoms with Gasteiger partial charge in [0.05, 0.1) is 48.9 Å². The minimum absolute atomic E-state index is 0.110. The predicted octanol–water partition coefficient (Wildman–Crippen LogP) is 2.41. The molecule has 11 heteroatoms. The molecule has 3 aliphatic heterocycles. The van der Waals surface area contributed by atoms with Gasteiger partial charge in [0.2, 0.25) is 0 Å². The first-order chi connectivity index (χ1) is 18.6. The van der Waals surface area contributed by atoms with Crippen molar-refractivity contribution in [2.75, 3.05) is 7.11 Å². The maximum atomic E-state index is 13.7. The normalized spacial score (nSPS) is 46.6. The van der Waals surface area contributed by atoms with Gasteiger partial charge in [-0.2, -0.15) is 0 Å². The minimum Gasteiger partial charge on any atom is -0.472 e. The molecule has 11 nitrogen and oxygen atoms in total. The second-order valence-electron chi connectivity index (χ2n) is 12.7. The van der Waals surface area contributed by atoms with E-state index in [1.54, 1.807) is 33.8 Å². The molecule has 3 saturated heterocycles. The first kappa shape index (κ1) is 27.2. The van der Waals surface area contributed by atoms with Crippen LogP contribution < -0.4 is 0 Å². The Balaban J connectivity index is 1.65. The highest BCUT2D eigenvalue weighted by molar-refractivity contribution is 5.88. The second-order valence-corrected chi connectivity index (χ2v) is 12.7. The average molecular weight is 559 g/mol. The lowest BCUT2D eigenvalue weighted by molar-refractivity contribution is -0.327. The molecule has 1 aromatic heterocycles. The molecule has 1 spiro atoms. The molecule has 2 saturated carbocycles. The Labute approximate surface area is 231 Å². The lowest BCUT2D eigenvalue weighted by Crippen LogP contribution is -2.69. The Morgan fingerprint density at radius 1 is 1.12 bits per heavy atom. The molecule has 5 aliphatic rings. The minimum atomic E-state index is -2.22. The zero-order valence-corrected chi connectivity index (χ0v) is 23.3. The summed E-state index contributed by atoms with van der Waals surface area (Å²) in [5.74, 6) is -6.45. The van der Waals surface area contributed by atoms with Gasteiger partial charge in [0, 0.05) is 30.2 Å². The number of methoxy groups -OCH3 is 1. The predicted molar refractivity (Wildman–Crippen MR) is 133 cm³/mol. The van der Waals surface area contributed by atoms with Crippen LogP contribution in [0.4, 0.5) is 0 Å². The molecule has 1 N–H and O–H groups in total. The van der Waals surface area contributed by atoms with Crippen LogP contribution in [0.25, 0.3) is 0 Å². The van der Waals surface area contributed by atoms with Crippen LogP contribution in [-0.2, 0) is 42.9 Å². The van der Waals surface area contributed by atoms with Gasteiger partial charge >= 0.3 is 17.9 Å². The number of rotatable bonds is 3. The van der Waals surface area contributed by atoms with Gasteiger partial charge in [0.25, 0.3) is 0 Å². The van der Waals surface area contributed by atoms with Crippen LogP contribution in [0, 0.1) is 28.1 Å². The van der Waals surface area contributed by atoms with E-state index in [0.717, 1.165) is 0 Å². The zero-order valence-electron chi connectivity index (χ0n) is 23.3. The van der Waals surface area contributed by atoms with Crippen molar-refractivity contribution in [1.82, 2.24) is 0 Å². The summed E-state index contributed by atoms with van der Waals surface area (Å²) in [6.07, 6.45) is -2.09. The number of hydrogen-bond donors (Lipinski definition) is 1. The molecule has 40 heavy (non-hydrogen) atoms. The van der Waals surface area contributed by atoms with Crippen molar-refractivity contribution in [2.24, 2.45) is 28.1 Å². The van der Waals surface area contributed by atoms with Crippen LogP contribution in [0.15, 0.2) is 35.2 Å². The molecule has 10 atom stereocenters. The number of cyclic esters (lactones) is 1. The molecule has 2 aliphatic carbocycles. The summed E-state index contributed by atoms with van der Waals surface area (Å²) < 4.78 is 35.6. The van der Waals surface area contributed by atoms with E-state index in [2.05, 4.69) is 6.58 Å². The molecular formula is C29H34O11. The van der Waals surface area contributed by atoms with Crippen molar-refractivity contribution in [3.8, 4) is 0 Å². The van der Waals surface area contributed by atoms with Gasteiger partial charge in [-0.3, -0.25) is 14.4 Å². The molecule has 0 amide bonds. The van der Waals surface area contributed by atoms with Crippen molar-refractivity contribution in [1.29, 1.82) is 0 Å². The molecule has 0 unspecified atom stereocenters. The van der Waals surface area contributed by atoms with Crippen LogP contribution in [0.2, 0.25) is 0 Å². The number of Topliss-reactive ketones (excluding diaryl/α,β-unsaturated/α-hetero) is 1. The summed E-state index contributed by atoms with van der Waals surface area (Å²) in [6.45, 7) is 12.5. The number of carbonyl (C=O) groups excluding carboxylic acids is 4. The SMILES string of the molecule is C=C1[C@H]2[C@@H](OC(C)=O)[C@]3(C)[C@@H](c4ccoc4)OC(=O)C[C@@]13O[C@@H]1CC(=O)C(C)(C)[C@H]3[C@@H](C(=O)OC)O[C@@]2(O)[C@@]31C. The Hall–Kier alpha value is -3.02. The van der Waals surface area contributed by atoms with Crippen LogP contribution >= 0.6 is 0 Å². The highest BCUT2D eigenvalue weighted by atomic mass is 16.7. The quantitative estimate of drug-likeness (QED) is 0.331. The molecule has 0 radical (unpaired) electrons. The number of furan rings is 1. The number of aliphatic hydroxyl groups is 1. The van der Waals surface area contributed by atoms with E-state index in [0.29, 0.717) is 5.56 Å². The molecule has 2 bridgehead atoms. The standard InChI is InChI=1S/C29H34O11/c1-13-19-23(37-14(2)30)27(6)22(15-8-9-36-12-15)38-18(32)11-28(13,27)39-17-10-16(31)25(3,4)21-20(24(33)35-7)40-29(19,34)26(17,21)5/h8-9,12,17,19-23,34H,1,10-11H2,2-7H3/t17-,19+,20+,21-,22-,23-,26-,27+,28-,29-/m1/s1. The number of fused-ring (bicyclic) bond motifs is 2. The Morgan fingerprint density at radius 2 is 1.82 bits per heavy atom. The summed E-state index contributed by atoms with van der Waals surface area (Å²) in [5.41, 5.74) is -4.62. The van der Waals surface area contributed by atoms with E-state index in [9.17, 15) is 24.3 Å². The average Bonchev–Trinajstić information content (AvgIpc) is 3.52. The topological polar surface area (TPSA) is 148 Å². The first-order valence-corrected chi connectivity index (χ1v) is 13.4. The van der Waals surface area contributed by atoms with Crippen molar-refractivity contribution in [2.45, 2.75) is 83.3 Å². The van der Waals surface area contributed by atoms with E-state index in [-0.39, 0.29) is 24.2 Å². The monoisotopic (exact) mass is 558 g/mol. The van der Waals surface area contributed by atoms with Crippen molar-refractivity contribution < 1.29 is 52.4 Å². The third kappa shape index (κ3) is 2.85. The number of hydrogen-bond acceptors (Lipinski definition) is 11. The van der Waals surface area contributed by atoms with Gasteiger partial charge in [-0.05, 0) is 18.6 Å². The number of carbonyl (C=O) groups is 4. The molecule has 4 heterocycles. The van der Waals surface area contributed by atoms with Gasteiger partial charge in [-0.25, -0.2) is 4.79 Å². The molecular weight excluding hydrogens is 524 g/mol. The Morgan fingerprint density at radius 3 is 2.42 bits per heavy atom. The molecule has 1 aromatic rings. The maximum absolute atomic E-state index is 13.7. The summed E-state index contributed by atoms with van der Waals surface area (Å²) in [7, 11) is 1.21. The van der Waals surface area contributed by atoms with Crippen LogP contribution in [0.5, 0.6) is 0 Å². The van der Waals surface area contributed by atoms with Crippen molar-refractivity contribution in [3.63, 3.8) is 0 Å². The molecule has 216 valence electrons. The highest BCUT2D eigenvalue weighted by Gasteiger charge is 2.86. The number of ether oxygens (including phenoxy) is 5. The van der Waals surface area contributed by atoms with E-state index >= 15 is 0 Å². The third-order valence-corrected chi connectivity index (χ3v) is 10.7. The zero-order chi connectivity index (χ0) is 29.2. The van der Waals surface area contributed by atoms with E-state index in [1.165, 1.54) is 26.6 Å². The van der Waals surface area contributed by atoms with Gasteiger partial charge < -0.3 is 33.2 Å².